The van der Waals surface area contributed by atoms with Gasteiger partial charge < -0.3 is 14.8 Å². The van der Waals surface area contributed by atoms with E-state index in [2.05, 4.69) is 5.32 Å². The second-order valence-corrected chi connectivity index (χ2v) is 5.31. The Labute approximate surface area is 135 Å². The highest BCUT2D eigenvalue weighted by Gasteiger charge is 2.10. The molecule has 0 aromatic heterocycles. The second kappa shape index (κ2) is 7.18. The molecule has 0 aliphatic heterocycles. The first-order valence-corrected chi connectivity index (χ1v) is 7.21. The Bertz CT molecular complexity index is 686. The average Bonchev–Trinajstić information content (AvgIpc) is 2.50. The van der Waals surface area contributed by atoms with Crippen LogP contribution in [0.15, 0.2) is 36.4 Å². The molecule has 0 bridgehead atoms. The molecule has 1 N–H and O–H groups in total. The van der Waals surface area contributed by atoms with Crippen molar-refractivity contribution in [1.29, 1.82) is 0 Å². The predicted molar refractivity (Wildman–Crippen MR) is 88.0 cm³/mol. The molecule has 1 amide bonds. The Kier molecular flexibility index (Phi) is 5.28. The molecule has 0 fully saturated rings. The summed E-state index contributed by atoms with van der Waals surface area (Å²) in [6.45, 7) is 3.70. The highest BCUT2D eigenvalue weighted by Crippen LogP contribution is 2.28. The summed E-state index contributed by atoms with van der Waals surface area (Å²) in [5, 5.41) is 3.39. The molecular formula is C17H18ClNO3. The summed E-state index contributed by atoms with van der Waals surface area (Å²) in [6, 6.07) is 10.9. The summed E-state index contributed by atoms with van der Waals surface area (Å²) in [5.41, 5.74) is 2.56. The number of hydrogen-bond donors (Lipinski definition) is 1. The van der Waals surface area contributed by atoms with Crippen LogP contribution in [0.4, 0.5) is 5.69 Å². The van der Waals surface area contributed by atoms with E-state index in [1.54, 1.807) is 31.4 Å². The minimum atomic E-state index is -0.256. The number of hydrogen-bond acceptors (Lipinski definition) is 3. The van der Waals surface area contributed by atoms with Crippen molar-refractivity contribution in [2.45, 2.75) is 13.8 Å². The molecule has 0 aliphatic carbocycles. The number of halogens is 1. The van der Waals surface area contributed by atoms with Gasteiger partial charge in [0.05, 0.1) is 7.11 Å². The first-order valence-electron chi connectivity index (χ1n) is 6.83. The molecule has 0 aliphatic rings. The lowest BCUT2D eigenvalue weighted by Gasteiger charge is -2.12. The topological polar surface area (TPSA) is 47.6 Å². The maximum Gasteiger partial charge on any atom is 0.262 e. The zero-order valence-corrected chi connectivity index (χ0v) is 13.5. The van der Waals surface area contributed by atoms with Crippen molar-refractivity contribution in [2.24, 2.45) is 0 Å². The fourth-order valence-electron chi connectivity index (χ4n) is 1.97. The highest BCUT2D eigenvalue weighted by atomic mass is 35.5. The SMILES string of the molecule is COc1cc(C)ccc1OCC(=O)Nc1cccc(Cl)c1C. The average molecular weight is 320 g/mol. The molecular weight excluding hydrogens is 302 g/mol. The van der Waals surface area contributed by atoms with Gasteiger partial charge in [0.2, 0.25) is 0 Å². The molecule has 0 atom stereocenters. The van der Waals surface area contributed by atoms with Gasteiger partial charge >= 0.3 is 0 Å². The molecule has 4 nitrogen and oxygen atoms in total. The van der Waals surface area contributed by atoms with Crippen LogP contribution in [-0.2, 0) is 4.79 Å². The summed E-state index contributed by atoms with van der Waals surface area (Å²) in [7, 11) is 1.57. The number of rotatable bonds is 5. The van der Waals surface area contributed by atoms with Gasteiger partial charge in [-0.05, 0) is 49.2 Å². The maximum absolute atomic E-state index is 12.0. The summed E-state index contributed by atoms with van der Waals surface area (Å²) < 4.78 is 10.8. The third-order valence-corrected chi connectivity index (χ3v) is 3.63. The number of anilines is 1. The van der Waals surface area contributed by atoms with Crippen LogP contribution in [0.2, 0.25) is 5.02 Å². The van der Waals surface area contributed by atoms with E-state index in [4.69, 9.17) is 21.1 Å². The lowest BCUT2D eigenvalue weighted by atomic mass is 10.2. The van der Waals surface area contributed by atoms with E-state index in [-0.39, 0.29) is 12.5 Å². The van der Waals surface area contributed by atoms with Gasteiger partial charge in [-0.2, -0.15) is 0 Å². The summed E-state index contributed by atoms with van der Waals surface area (Å²) in [4.78, 5) is 12.0. The minimum Gasteiger partial charge on any atom is -0.493 e. The highest BCUT2D eigenvalue weighted by molar-refractivity contribution is 6.31. The van der Waals surface area contributed by atoms with Crippen LogP contribution in [0.1, 0.15) is 11.1 Å². The monoisotopic (exact) mass is 319 g/mol. The van der Waals surface area contributed by atoms with Crippen molar-refractivity contribution < 1.29 is 14.3 Å². The molecule has 0 spiro atoms. The number of benzene rings is 2. The van der Waals surface area contributed by atoms with Crippen molar-refractivity contribution in [1.82, 2.24) is 0 Å². The van der Waals surface area contributed by atoms with Gasteiger partial charge in [0.1, 0.15) is 0 Å². The third-order valence-electron chi connectivity index (χ3n) is 3.22. The quantitative estimate of drug-likeness (QED) is 0.906. The van der Waals surface area contributed by atoms with E-state index in [1.807, 2.05) is 26.0 Å². The molecule has 0 unspecified atom stereocenters. The maximum atomic E-state index is 12.0. The van der Waals surface area contributed by atoms with E-state index >= 15 is 0 Å². The number of amides is 1. The van der Waals surface area contributed by atoms with Crippen molar-refractivity contribution in [3.8, 4) is 11.5 Å². The van der Waals surface area contributed by atoms with Gasteiger partial charge in [0.15, 0.2) is 18.1 Å². The van der Waals surface area contributed by atoms with E-state index in [1.165, 1.54) is 0 Å². The van der Waals surface area contributed by atoms with Crippen LogP contribution >= 0.6 is 11.6 Å². The number of ether oxygens (including phenoxy) is 2. The van der Waals surface area contributed by atoms with Crippen LogP contribution in [0.5, 0.6) is 11.5 Å². The van der Waals surface area contributed by atoms with Crippen molar-refractivity contribution in [3.63, 3.8) is 0 Å². The smallest absolute Gasteiger partial charge is 0.262 e. The van der Waals surface area contributed by atoms with Crippen LogP contribution in [0.3, 0.4) is 0 Å². The minimum absolute atomic E-state index is 0.106. The fraction of sp³-hybridized carbons (Fsp3) is 0.235. The zero-order chi connectivity index (χ0) is 16.1. The van der Waals surface area contributed by atoms with Crippen LogP contribution in [0, 0.1) is 13.8 Å². The number of carbonyl (C=O) groups is 1. The first-order chi connectivity index (χ1) is 10.5. The lowest BCUT2D eigenvalue weighted by molar-refractivity contribution is -0.118. The van der Waals surface area contributed by atoms with Crippen molar-refractivity contribution in [3.05, 3.63) is 52.5 Å². The molecule has 2 aromatic carbocycles. The molecule has 5 heteroatoms. The number of carbonyl (C=O) groups excluding carboxylic acids is 1. The normalized spacial score (nSPS) is 10.2. The summed E-state index contributed by atoms with van der Waals surface area (Å²) in [6.07, 6.45) is 0. The van der Waals surface area contributed by atoms with Gasteiger partial charge in [-0.25, -0.2) is 0 Å². The number of nitrogens with one attached hydrogen (secondary N) is 1. The Hall–Kier alpha value is -2.20. The van der Waals surface area contributed by atoms with E-state index in [9.17, 15) is 4.79 Å². The largest absolute Gasteiger partial charge is 0.493 e. The van der Waals surface area contributed by atoms with E-state index in [0.29, 0.717) is 22.2 Å². The molecule has 22 heavy (non-hydrogen) atoms. The molecule has 0 radical (unpaired) electrons. The molecule has 2 aromatic rings. The summed E-state index contributed by atoms with van der Waals surface area (Å²) in [5.74, 6) is 0.880. The molecule has 0 heterocycles. The fourth-order valence-corrected chi connectivity index (χ4v) is 2.14. The Morgan fingerprint density at radius 2 is 1.95 bits per heavy atom. The standard InChI is InChI=1S/C17H18ClNO3/c1-11-7-8-15(16(9-11)21-3)22-10-17(20)19-14-6-4-5-13(18)12(14)2/h4-9H,10H2,1-3H3,(H,19,20). The second-order valence-electron chi connectivity index (χ2n) is 4.90. The molecule has 116 valence electrons. The third kappa shape index (κ3) is 3.92. The van der Waals surface area contributed by atoms with Gasteiger partial charge in [-0.1, -0.05) is 23.7 Å². The zero-order valence-electron chi connectivity index (χ0n) is 12.8. The van der Waals surface area contributed by atoms with Crippen LogP contribution in [0.25, 0.3) is 0 Å². The predicted octanol–water partition coefficient (Wildman–Crippen LogP) is 3.98. The van der Waals surface area contributed by atoms with Gasteiger partial charge in [0, 0.05) is 10.7 Å². The van der Waals surface area contributed by atoms with Gasteiger partial charge in [0.25, 0.3) is 5.91 Å². The molecule has 0 saturated heterocycles. The van der Waals surface area contributed by atoms with Gasteiger partial charge in [-0.15, -0.1) is 0 Å². The summed E-state index contributed by atoms with van der Waals surface area (Å²) >= 11 is 6.03. The Morgan fingerprint density at radius 3 is 2.68 bits per heavy atom. The van der Waals surface area contributed by atoms with Crippen molar-refractivity contribution >= 4 is 23.2 Å². The molecule has 0 saturated carbocycles. The molecule has 2 rings (SSSR count). The van der Waals surface area contributed by atoms with E-state index < -0.39 is 0 Å². The Morgan fingerprint density at radius 1 is 1.18 bits per heavy atom. The van der Waals surface area contributed by atoms with Crippen molar-refractivity contribution in [2.75, 3.05) is 19.0 Å². The number of aryl methyl sites for hydroxylation is 1. The van der Waals surface area contributed by atoms with E-state index in [0.717, 1.165) is 11.1 Å². The first kappa shape index (κ1) is 16.2. The lowest BCUT2D eigenvalue weighted by Crippen LogP contribution is -2.20. The Balaban J connectivity index is 2.00. The van der Waals surface area contributed by atoms with Gasteiger partial charge in [-0.3, -0.25) is 4.79 Å². The van der Waals surface area contributed by atoms with Crippen LogP contribution < -0.4 is 14.8 Å². The number of methoxy groups -OCH3 is 1. The van der Waals surface area contributed by atoms with Crippen LogP contribution in [-0.4, -0.2) is 19.6 Å².